The smallest absolute Gasteiger partial charge is 0.310 e. The van der Waals surface area contributed by atoms with Gasteiger partial charge in [-0.1, -0.05) is 32.8 Å². The van der Waals surface area contributed by atoms with Crippen molar-refractivity contribution in [1.29, 1.82) is 0 Å². The summed E-state index contributed by atoms with van der Waals surface area (Å²) in [5, 5.41) is 14.7. The molecule has 0 aliphatic carbocycles. The average molecular weight is 370 g/mol. The minimum absolute atomic E-state index is 0.0212. The maximum Gasteiger partial charge on any atom is 0.310 e. The Morgan fingerprint density at radius 3 is 2.60 bits per heavy atom. The van der Waals surface area contributed by atoms with Crippen molar-refractivity contribution in [3.05, 3.63) is 28.3 Å². The lowest BCUT2D eigenvalue weighted by atomic mass is 9.89. The first kappa shape index (κ1) is 19.7. The van der Waals surface area contributed by atoms with E-state index < -0.39 is 14.8 Å². The molecule has 2 atom stereocenters. The molecule has 0 aromatic heterocycles. The molecule has 1 fully saturated rings. The number of nitrogens with zero attached hydrogens (tertiary/aromatic N) is 1. The lowest BCUT2D eigenvalue weighted by molar-refractivity contribution is -0.386. The number of nitro groups is 1. The van der Waals surface area contributed by atoms with Crippen LogP contribution in [0, 0.1) is 16.0 Å². The van der Waals surface area contributed by atoms with Gasteiger partial charge < -0.3 is 10.1 Å². The molecule has 2 rings (SSSR count). The van der Waals surface area contributed by atoms with E-state index in [0.29, 0.717) is 12.5 Å². The summed E-state index contributed by atoms with van der Waals surface area (Å²) in [5.74, 6) is 0.460. The number of anilines is 1. The standard InChI is InChI=1S/C17H26N2O5S/c1-4-12(5-2)15-11-13(9-10-24-15)18-14-7-6-8-16(25(3,22)23)17(14)19(20)21/h6-8,12-13,15,18H,4-5,9-11H2,1-3H3. The zero-order valence-corrected chi connectivity index (χ0v) is 15.7. The Hall–Kier alpha value is -1.67. The van der Waals surface area contributed by atoms with E-state index in [4.69, 9.17) is 4.74 Å². The Bertz CT molecular complexity index is 716. The first-order valence-electron chi connectivity index (χ1n) is 8.63. The molecule has 1 N–H and O–H groups in total. The van der Waals surface area contributed by atoms with E-state index in [1.54, 1.807) is 6.07 Å². The highest BCUT2D eigenvalue weighted by molar-refractivity contribution is 7.90. The van der Waals surface area contributed by atoms with Gasteiger partial charge in [-0.3, -0.25) is 10.1 Å². The fraction of sp³-hybridized carbons (Fsp3) is 0.647. The third-order valence-electron chi connectivity index (χ3n) is 4.83. The summed E-state index contributed by atoms with van der Waals surface area (Å²) in [6.45, 7) is 4.86. The Balaban J connectivity index is 2.27. The zero-order chi connectivity index (χ0) is 18.6. The molecule has 0 amide bonds. The average Bonchev–Trinajstić information content (AvgIpc) is 2.55. The van der Waals surface area contributed by atoms with Crippen LogP contribution in [0.1, 0.15) is 39.5 Å². The molecule has 1 aromatic carbocycles. The molecule has 1 saturated heterocycles. The minimum atomic E-state index is -3.68. The van der Waals surface area contributed by atoms with Crippen LogP contribution in [0.2, 0.25) is 0 Å². The quantitative estimate of drug-likeness (QED) is 0.583. The summed E-state index contributed by atoms with van der Waals surface area (Å²) in [6.07, 6.45) is 4.65. The van der Waals surface area contributed by atoms with Gasteiger partial charge in [-0.15, -0.1) is 0 Å². The van der Waals surface area contributed by atoms with Gasteiger partial charge in [0.05, 0.1) is 11.0 Å². The van der Waals surface area contributed by atoms with Gasteiger partial charge in [0.25, 0.3) is 0 Å². The van der Waals surface area contributed by atoms with Gasteiger partial charge in [-0.25, -0.2) is 8.42 Å². The second-order valence-corrected chi connectivity index (χ2v) is 8.52. The highest BCUT2D eigenvalue weighted by Crippen LogP contribution is 2.34. The maximum atomic E-state index is 11.9. The second kappa shape index (κ2) is 8.14. The van der Waals surface area contributed by atoms with Crippen molar-refractivity contribution in [2.24, 2.45) is 5.92 Å². The number of nitro benzene ring substituents is 1. The Kier molecular flexibility index (Phi) is 6.40. The van der Waals surface area contributed by atoms with Gasteiger partial charge in [0.15, 0.2) is 9.84 Å². The second-order valence-electron chi connectivity index (χ2n) is 6.53. The molecular formula is C17H26N2O5S. The molecule has 140 valence electrons. The number of nitrogens with one attached hydrogen (secondary N) is 1. The molecule has 1 aromatic rings. The number of ether oxygens (including phenoxy) is 1. The Morgan fingerprint density at radius 1 is 1.36 bits per heavy atom. The van der Waals surface area contributed by atoms with Crippen molar-refractivity contribution in [2.75, 3.05) is 18.2 Å². The van der Waals surface area contributed by atoms with Crippen molar-refractivity contribution in [1.82, 2.24) is 0 Å². The predicted octanol–water partition coefficient (Wildman–Crippen LogP) is 3.39. The summed E-state index contributed by atoms with van der Waals surface area (Å²) in [4.78, 5) is 10.6. The molecule has 1 aliphatic heterocycles. The number of para-hydroxylation sites is 1. The molecule has 1 heterocycles. The normalized spacial score (nSPS) is 21.3. The van der Waals surface area contributed by atoms with Gasteiger partial charge in [0.2, 0.25) is 0 Å². The van der Waals surface area contributed by atoms with E-state index in [-0.39, 0.29) is 28.4 Å². The Morgan fingerprint density at radius 2 is 2.04 bits per heavy atom. The van der Waals surface area contributed by atoms with Crippen LogP contribution in [0.25, 0.3) is 0 Å². The first-order valence-corrected chi connectivity index (χ1v) is 10.5. The number of hydrogen-bond donors (Lipinski definition) is 1. The van der Waals surface area contributed by atoms with E-state index in [1.165, 1.54) is 12.1 Å². The largest absolute Gasteiger partial charge is 0.378 e. The number of hydrogen-bond acceptors (Lipinski definition) is 6. The van der Waals surface area contributed by atoms with Crippen molar-refractivity contribution >= 4 is 21.2 Å². The predicted molar refractivity (Wildman–Crippen MR) is 96.7 cm³/mol. The van der Waals surface area contributed by atoms with E-state index in [9.17, 15) is 18.5 Å². The number of sulfone groups is 1. The van der Waals surface area contributed by atoms with Gasteiger partial charge in [-0.2, -0.15) is 0 Å². The molecule has 7 nitrogen and oxygen atoms in total. The van der Waals surface area contributed by atoms with Gasteiger partial charge >= 0.3 is 5.69 Å². The lowest BCUT2D eigenvalue weighted by Gasteiger charge is -2.34. The van der Waals surface area contributed by atoms with Gasteiger partial charge in [0.1, 0.15) is 10.6 Å². The van der Waals surface area contributed by atoms with Crippen molar-refractivity contribution in [3.63, 3.8) is 0 Å². The number of rotatable bonds is 7. The summed E-state index contributed by atoms with van der Waals surface area (Å²) >= 11 is 0. The summed E-state index contributed by atoms with van der Waals surface area (Å²) in [7, 11) is -3.68. The molecule has 0 radical (unpaired) electrons. The zero-order valence-electron chi connectivity index (χ0n) is 14.9. The van der Waals surface area contributed by atoms with E-state index in [2.05, 4.69) is 19.2 Å². The summed E-state index contributed by atoms with van der Waals surface area (Å²) < 4.78 is 29.6. The van der Waals surface area contributed by atoms with E-state index in [0.717, 1.165) is 31.9 Å². The molecule has 0 spiro atoms. The lowest BCUT2D eigenvalue weighted by Crippen LogP contribution is -2.38. The van der Waals surface area contributed by atoms with Gasteiger partial charge in [-0.05, 0) is 30.9 Å². The molecule has 8 heteroatoms. The fourth-order valence-corrected chi connectivity index (χ4v) is 4.31. The van der Waals surface area contributed by atoms with Crippen LogP contribution in [0.5, 0.6) is 0 Å². The van der Waals surface area contributed by atoms with Crippen molar-refractivity contribution < 1.29 is 18.1 Å². The molecular weight excluding hydrogens is 344 g/mol. The van der Waals surface area contributed by atoms with Crippen LogP contribution < -0.4 is 5.32 Å². The van der Waals surface area contributed by atoms with Crippen LogP contribution in [-0.4, -0.2) is 38.3 Å². The first-order chi connectivity index (χ1) is 11.8. The molecule has 1 aliphatic rings. The maximum absolute atomic E-state index is 11.9. The topological polar surface area (TPSA) is 98.5 Å². The Labute approximate surface area is 148 Å². The number of benzene rings is 1. The molecule has 2 unspecified atom stereocenters. The van der Waals surface area contributed by atoms with Crippen LogP contribution in [-0.2, 0) is 14.6 Å². The third kappa shape index (κ3) is 4.70. The summed E-state index contributed by atoms with van der Waals surface area (Å²) in [6, 6.07) is 4.39. The minimum Gasteiger partial charge on any atom is -0.378 e. The van der Waals surface area contributed by atoms with E-state index >= 15 is 0 Å². The van der Waals surface area contributed by atoms with Crippen molar-refractivity contribution in [3.8, 4) is 0 Å². The fourth-order valence-electron chi connectivity index (χ4n) is 3.45. The van der Waals surface area contributed by atoms with Crippen LogP contribution in [0.15, 0.2) is 23.1 Å². The van der Waals surface area contributed by atoms with Crippen molar-refractivity contribution in [2.45, 2.75) is 56.6 Å². The molecule has 0 saturated carbocycles. The monoisotopic (exact) mass is 370 g/mol. The summed E-state index contributed by atoms with van der Waals surface area (Å²) in [5.41, 5.74) is -0.126. The molecule has 0 bridgehead atoms. The SMILES string of the molecule is CCC(CC)C1CC(Nc2cccc(S(C)(=O)=O)c2[N+](=O)[O-])CCO1. The van der Waals surface area contributed by atoms with Crippen LogP contribution in [0.4, 0.5) is 11.4 Å². The van der Waals surface area contributed by atoms with Gasteiger partial charge in [0, 0.05) is 18.9 Å². The molecule has 25 heavy (non-hydrogen) atoms. The van der Waals surface area contributed by atoms with Crippen LogP contribution in [0.3, 0.4) is 0 Å². The highest BCUT2D eigenvalue weighted by Gasteiger charge is 2.31. The third-order valence-corrected chi connectivity index (χ3v) is 5.96. The van der Waals surface area contributed by atoms with E-state index in [1.807, 2.05) is 0 Å². The van der Waals surface area contributed by atoms with Crippen LogP contribution >= 0.6 is 0 Å². The highest BCUT2D eigenvalue weighted by atomic mass is 32.2.